The Morgan fingerprint density at radius 1 is 1.26 bits per heavy atom. The number of halogens is 1. The molecule has 0 heterocycles. The second kappa shape index (κ2) is 9.14. The minimum absolute atomic E-state index is 0.135. The lowest BCUT2D eigenvalue weighted by Gasteiger charge is -2.17. The molecule has 0 fully saturated rings. The Morgan fingerprint density at radius 3 is 2.58 bits per heavy atom. The van der Waals surface area contributed by atoms with Gasteiger partial charge in [-0.2, -0.15) is 0 Å². The summed E-state index contributed by atoms with van der Waals surface area (Å²) >= 11 is 2.21. The van der Waals surface area contributed by atoms with Gasteiger partial charge in [-0.1, -0.05) is 26.0 Å². The summed E-state index contributed by atoms with van der Waals surface area (Å²) in [5.74, 6) is 0. The zero-order valence-electron chi connectivity index (χ0n) is 11.6. The second-order valence-electron chi connectivity index (χ2n) is 4.24. The Morgan fingerprint density at radius 2 is 1.95 bits per heavy atom. The van der Waals surface area contributed by atoms with Crippen LogP contribution in [0.1, 0.15) is 20.3 Å². The normalized spacial score (nSPS) is 10.5. The average Bonchev–Trinajstić information content (AvgIpc) is 2.42. The summed E-state index contributed by atoms with van der Waals surface area (Å²) in [7, 11) is 0. The lowest BCUT2D eigenvalue weighted by molar-refractivity contribution is 0.250. The minimum Gasteiger partial charge on any atom is -0.338 e. The van der Waals surface area contributed by atoms with Crippen LogP contribution in [0.4, 0.5) is 10.5 Å². The summed E-state index contributed by atoms with van der Waals surface area (Å²) in [6, 6.07) is 7.60. The largest absolute Gasteiger partial charge is 0.338 e. The summed E-state index contributed by atoms with van der Waals surface area (Å²) < 4.78 is 1.04. The van der Waals surface area contributed by atoms with Crippen molar-refractivity contribution in [2.45, 2.75) is 20.3 Å². The van der Waals surface area contributed by atoms with E-state index in [2.05, 4.69) is 52.0 Å². The first-order chi connectivity index (χ1) is 9.17. The summed E-state index contributed by atoms with van der Waals surface area (Å²) in [6.07, 6.45) is 0.973. The third-order valence-corrected chi connectivity index (χ3v) is 3.89. The van der Waals surface area contributed by atoms with Crippen molar-refractivity contribution in [3.8, 4) is 0 Å². The molecule has 0 aliphatic rings. The molecule has 5 heteroatoms. The molecule has 0 spiro atoms. The maximum absolute atomic E-state index is 11.7. The molecule has 1 aromatic rings. The van der Waals surface area contributed by atoms with Crippen LogP contribution in [0, 0.1) is 3.57 Å². The molecule has 0 aromatic heterocycles. The van der Waals surface area contributed by atoms with E-state index >= 15 is 0 Å². The number of hydrogen-bond acceptors (Lipinski definition) is 2. The van der Waals surface area contributed by atoms with Crippen LogP contribution in [0.5, 0.6) is 0 Å². The minimum atomic E-state index is -0.135. The summed E-state index contributed by atoms with van der Waals surface area (Å²) in [4.78, 5) is 14.1. The van der Waals surface area contributed by atoms with Crippen molar-refractivity contribution in [2.75, 3.05) is 31.5 Å². The molecule has 4 nitrogen and oxygen atoms in total. The molecule has 0 atom stereocenters. The number of benzene rings is 1. The van der Waals surface area contributed by atoms with Gasteiger partial charge in [0.05, 0.1) is 5.69 Å². The van der Waals surface area contributed by atoms with Crippen LogP contribution in [-0.2, 0) is 0 Å². The molecule has 0 aliphatic carbocycles. The second-order valence-corrected chi connectivity index (χ2v) is 5.40. The zero-order valence-corrected chi connectivity index (χ0v) is 13.7. The third kappa shape index (κ3) is 6.24. The van der Waals surface area contributed by atoms with Crippen LogP contribution in [0.25, 0.3) is 0 Å². The van der Waals surface area contributed by atoms with Crippen molar-refractivity contribution in [3.05, 3.63) is 27.8 Å². The maximum atomic E-state index is 11.7. The van der Waals surface area contributed by atoms with E-state index in [1.807, 2.05) is 24.3 Å². The van der Waals surface area contributed by atoms with Gasteiger partial charge in [0.2, 0.25) is 0 Å². The molecule has 0 aliphatic heterocycles. The monoisotopic (exact) mass is 375 g/mol. The fourth-order valence-corrected chi connectivity index (χ4v) is 2.30. The lowest BCUT2D eigenvalue weighted by Crippen LogP contribution is -2.32. The number of urea groups is 1. The number of amides is 2. The van der Waals surface area contributed by atoms with Gasteiger partial charge in [-0.3, -0.25) is 0 Å². The molecule has 0 bridgehead atoms. The molecule has 0 saturated carbocycles. The predicted octanol–water partition coefficient (Wildman–Crippen LogP) is 3.14. The van der Waals surface area contributed by atoms with Gasteiger partial charge in [0, 0.05) is 10.1 Å². The highest BCUT2D eigenvalue weighted by Crippen LogP contribution is 2.16. The predicted molar refractivity (Wildman–Crippen MR) is 88.6 cm³/mol. The van der Waals surface area contributed by atoms with Crippen molar-refractivity contribution < 1.29 is 4.79 Å². The molecule has 19 heavy (non-hydrogen) atoms. The highest BCUT2D eigenvalue weighted by molar-refractivity contribution is 14.1. The van der Waals surface area contributed by atoms with Crippen molar-refractivity contribution in [3.63, 3.8) is 0 Å². The molecular weight excluding hydrogens is 353 g/mol. The van der Waals surface area contributed by atoms with Crippen LogP contribution in [-0.4, -0.2) is 37.1 Å². The van der Waals surface area contributed by atoms with Crippen LogP contribution < -0.4 is 10.6 Å². The Labute approximate surface area is 129 Å². The fourth-order valence-electron chi connectivity index (χ4n) is 1.77. The van der Waals surface area contributed by atoms with Gasteiger partial charge in [0.25, 0.3) is 0 Å². The first kappa shape index (κ1) is 16.2. The van der Waals surface area contributed by atoms with Crippen LogP contribution in [0.2, 0.25) is 0 Å². The van der Waals surface area contributed by atoms with E-state index in [9.17, 15) is 4.79 Å². The number of carbonyl (C=O) groups excluding carboxylic acids is 1. The van der Waals surface area contributed by atoms with E-state index in [1.165, 1.54) is 0 Å². The Hall–Kier alpha value is -0.820. The summed E-state index contributed by atoms with van der Waals surface area (Å²) in [5, 5.41) is 5.74. The fraction of sp³-hybridized carbons (Fsp3) is 0.500. The van der Waals surface area contributed by atoms with Crippen molar-refractivity contribution in [2.24, 2.45) is 0 Å². The van der Waals surface area contributed by atoms with Crippen LogP contribution in [0.3, 0.4) is 0 Å². The molecular formula is C14H22IN3O. The molecule has 2 amide bonds. The number of nitrogens with one attached hydrogen (secondary N) is 2. The van der Waals surface area contributed by atoms with Crippen molar-refractivity contribution in [1.29, 1.82) is 0 Å². The number of para-hydroxylation sites is 1. The quantitative estimate of drug-likeness (QED) is 0.568. The average molecular weight is 375 g/mol. The SMILES string of the molecule is CCN(CC)CCCNC(=O)Nc1ccccc1I. The molecule has 2 N–H and O–H groups in total. The standard InChI is InChI=1S/C14H22IN3O/c1-3-18(4-2)11-7-10-16-14(19)17-13-9-6-5-8-12(13)15/h5-6,8-9H,3-4,7,10-11H2,1-2H3,(H2,16,17,19). The van der Waals surface area contributed by atoms with E-state index < -0.39 is 0 Å². The molecule has 0 saturated heterocycles. The Kier molecular flexibility index (Phi) is 7.81. The van der Waals surface area contributed by atoms with Gasteiger partial charge < -0.3 is 15.5 Å². The van der Waals surface area contributed by atoms with E-state index in [0.29, 0.717) is 6.54 Å². The first-order valence-corrected chi connectivity index (χ1v) is 7.77. The summed E-state index contributed by atoms with van der Waals surface area (Å²) in [5.41, 5.74) is 0.851. The van der Waals surface area contributed by atoms with E-state index in [0.717, 1.165) is 35.3 Å². The highest BCUT2D eigenvalue weighted by atomic mass is 127. The summed E-state index contributed by atoms with van der Waals surface area (Å²) in [6.45, 7) is 8.15. The van der Waals surface area contributed by atoms with Crippen LogP contribution >= 0.6 is 22.6 Å². The van der Waals surface area contributed by atoms with Gasteiger partial charge in [0.15, 0.2) is 0 Å². The zero-order chi connectivity index (χ0) is 14.1. The number of rotatable bonds is 7. The Balaban J connectivity index is 2.24. The molecule has 1 aromatic carbocycles. The van der Waals surface area contributed by atoms with E-state index in [-0.39, 0.29) is 6.03 Å². The maximum Gasteiger partial charge on any atom is 0.319 e. The number of nitrogens with zero attached hydrogens (tertiary/aromatic N) is 1. The van der Waals surface area contributed by atoms with Crippen LogP contribution in [0.15, 0.2) is 24.3 Å². The first-order valence-electron chi connectivity index (χ1n) is 6.69. The van der Waals surface area contributed by atoms with E-state index in [4.69, 9.17) is 0 Å². The van der Waals surface area contributed by atoms with Gasteiger partial charge in [-0.25, -0.2) is 4.79 Å². The van der Waals surface area contributed by atoms with Gasteiger partial charge in [-0.15, -0.1) is 0 Å². The molecule has 106 valence electrons. The number of hydrogen-bond donors (Lipinski definition) is 2. The van der Waals surface area contributed by atoms with Gasteiger partial charge in [0.1, 0.15) is 0 Å². The molecule has 0 unspecified atom stereocenters. The smallest absolute Gasteiger partial charge is 0.319 e. The van der Waals surface area contributed by atoms with Crippen molar-refractivity contribution >= 4 is 34.3 Å². The topological polar surface area (TPSA) is 44.4 Å². The highest BCUT2D eigenvalue weighted by Gasteiger charge is 2.04. The third-order valence-electron chi connectivity index (χ3n) is 2.95. The van der Waals surface area contributed by atoms with Gasteiger partial charge in [-0.05, 0) is 60.8 Å². The van der Waals surface area contributed by atoms with E-state index in [1.54, 1.807) is 0 Å². The van der Waals surface area contributed by atoms with Crippen molar-refractivity contribution in [1.82, 2.24) is 10.2 Å². The lowest BCUT2D eigenvalue weighted by atomic mass is 10.3. The molecule has 1 rings (SSSR count). The van der Waals surface area contributed by atoms with Gasteiger partial charge >= 0.3 is 6.03 Å². The number of anilines is 1. The Bertz CT molecular complexity index is 394. The number of carbonyl (C=O) groups is 1. The molecule has 0 radical (unpaired) electrons.